The highest BCUT2D eigenvalue weighted by atomic mass is 35.5. The van der Waals surface area contributed by atoms with Crippen LogP contribution in [-0.4, -0.2) is 42.1 Å². The van der Waals surface area contributed by atoms with E-state index in [1.807, 2.05) is 12.3 Å². The van der Waals surface area contributed by atoms with Crippen LogP contribution < -0.4 is 5.32 Å². The number of pyridine rings is 1. The normalized spacial score (nSPS) is 16.4. The number of hydrogen-bond acceptors (Lipinski definition) is 3. The van der Waals surface area contributed by atoms with E-state index in [1.165, 1.54) is 0 Å². The number of hydrogen-bond donors (Lipinski definition) is 1. The van der Waals surface area contributed by atoms with E-state index in [9.17, 15) is 0 Å². The van der Waals surface area contributed by atoms with Gasteiger partial charge in [-0.15, -0.1) is 0 Å². The Balaban J connectivity index is 2.98. The highest BCUT2D eigenvalue weighted by Crippen LogP contribution is 2.26. The van der Waals surface area contributed by atoms with E-state index in [2.05, 4.69) is 50.1 Å². The molecule has 0 fully saturated rings. The first-order valence-corrected chi connectivity index (χ1v) is 7.32. The molecule has 0 saturated heterocycles. The molecule has 1 rings (SSSR count). The fourth-order valence-electron chi connectivity index (χ4n) is 2.42. The zero-order valence-electron chi connectivity index (χ0n) is 12.7. The lowest BCUT2D eigenvalue weighted by Gasteiger charge is -2.43. The molecule has 0 aromatic carbocycles. The maximum atomic E-state index is 6.24. The summed E-state index contributed by atoms with van der Waals surface area (Å²) in [6, 6.07) is 2.37. The van der Waals surface area contributed by atoms with Crippen LogP contribution in [0.15, 0.2) is 18.5 Å². The van der Waals surface area contributed by atoms with Gasteiger partial charge in [-0.1, -0.05) is 25.4 Å². The third-order valence-corrected chi connectivity index (χ3v) is 4.56. The molecule has 0 aliphatic heterocycles. The Morgan fingerprint density at radius 2 is 2.11 bits per heavy atom. The molecule has 108 valence electrons. The largest absolute Gasteiger partial charge is 0.312 e. The molecule has 0 spiro atoms. The standard InChI is InChI=1S/C15H26ClN3/c1-6-15(3,19(4)5)14(18-7-2)10-12-8-9-17-11-13(12)16/h8-9,11,14,18H,6-7,10H2,1-5H3. The minimum atomic E-state index is 0.0998. The summed E-state index contributed by atoms with van der Waals surface area (Å²) in [6.45, 7) is 7.64. The molecule has 1 heterocycles. The second-order valence-electron chi connectivity index (χ2n) is 5.39. The van der Waals surface area contributed by atoms with Crippen molar-refractivity contribution in [3.8, 4) is 0 Å². The first kappa shape index (κ1) is 16.4. The van der Waals surface area contributed by atoms with E-state index >= 15 is 0 Å². The van der Waals surface area contributed by atoms with Crippen molar-refractivity contribution in [2.45, 2.75) is 45.2 Å². The van der Waals surface area contributed by atoms with Crippen molar-refractivity contribution in [2.24, 2.45) is 0 Å². The van der Waals surface area contributed by atoms with Crippen LogP contribution in [0.3, 0.4) is 0 Å². The fourth-order valence-corrected chi connectivity index (χ4v) is 2.62. The summed E-state index contributed by atoms with van der Waals surface area (Å²) in [6.07, 6.45) is 5.53. The number of rotatable bonds is 7. The number of aromatic nitrogens is 1. The molecule has 3 nitrogen and oxygen atoms in total. The van der Waals surface area contributed by atoms with Crippen LogP contribution in [0.4, 0.5) is 0 Å². The summed E-state index contributed by atoms with van der Waals surface area (Å²) in [4.78, 5) is 6.35. The maximum Gasteiger partial charge on any atom is 0.0621 e. The molecule has 0 aliphatic carbocycles. The molecular weight excluding hydrogens is 258 g/mol. The van der Waals surface area contributed by atoms with Gasteiger partial charge in [0, 0.05) is 24.0 Å². The number of likely N-dealkylation sites (N-methyl/N-ethyl adjacent to an activating group) is 2. The summed E-state index contributed by atoms with van der Waals surface area (Å²) in [7, 11) is 4.28. The molecule has 2 unspecified atom stereocenters. The molecule has 0 aliphatic rings. The third-order valence-electron chi connectivity index (χ3n) is 4.22. The summed E-state index contributed by atoms with van der Waals surface area (Å²) in [5, 5.41) is 4.36. The number of nitrogens with zero attached hydrogens (tertiary/aromatic N) is 2. The zero-order valence-corrected chi connectivity index (χ0v) is 13.5. The summed E-state index contributed by atoms with van der Waals surface area (Å²) in [5.41, 5.74) is 1.26. The van der Waals surface area contributed by atoms with E-state index in [0.717, 1.165) is 30.0 Å². The molecule has 4 heteroatoms. The summed E-state index contributed by atoms with van der Waals surface area (Å²) in [5.74, 6) is 0. The Hall–Kier alpha value is -0.640. The average molecular weight is 284 g/mol. The summed E-state index contributed by atoms with van der Waals surface area (Å²) < 4.78 is 0. The highest BCUT2D eigenvalue weighted by Gasteiger charge is 2.34. The Morgan fingerprint density at radius 3 is 2.58 bits per heavy atom. The SMILES string of the molecule is CCNC(Cc1ccncc1Cl)C(C)(CC)N(C)C. The molecule has 1 aromatic heterocycles. The Labute approximate surface area is 122 Å². The van der Waals surface area contributed by atoms with E-state index in [0.29, 0.717) is 6.04 Å². The predicted molar refractivity (Wildman–Crippen MR) is 82.8 cm³/mol. The van der Waals surface area contributed by atoms with E-state index in [4.69, 9.17) is 11.6 Å². The molecule has 19 heavy (non-hydrogen) atoms. The summed E-state index contributed by atoms with van der Waals surface area (Å²) >= 11 is 6.24. The number of halogens is 1. The minimum absolute atomic E-state index is 0.0998. The van der Waals surface area contributed by atoms with Gasteiger partial charge in [0.15, 0.2) is 0 Å². The van der Waals surface area contributed by atoms with Crippen LogP contribution in [0.2, 0.25) is 5.02 Å². The molecule has 2 atom stereocenters. The van der Waals surface area contributed by atoms with Gasteiger partial charge in [-0.05, 0) is 52.0 Å². The van der Waals surface area contributed by atoms with Gasteiger partial charge < -0.3 is 10.2 Å². The van der Waals surface area contributed by atoms with Crippen molar-refractivity contribution in [1.29, 1.82) is 0 Å². The van der Waals surface area contributed by atoms with Gasteiger partial charge in [0.1, 0.15) is 0 Å². The van der Waals surface area contributed by atoms with Gasteiger partial charge in [0.2, 0.25) is 0 Å². The van der Waals surface area contributed by atoms with Crippen LogP contribution >= 0.6 is 11.6 Å². The van der Waals surface area contributed by atoms with Gasteiger partial charge >= 0.3 is 0 Å². The van der Waals surface area contributed by atoms with E-state index < -0.39 is 0 Å². The maximum absolute atomic E-state index is 6.24. The Bertz CT molecular complexity index is 395. The molecule has 1 aromatic rings. The molecular formula is C15H26ClN3. The van der Waals surface area contributed by atoms with E-state index in [-0.39, 0.29) is 5.54 Å². The minimum Gasteiger partial charge on any atom is -0.312 e. The lowest BCUT2D eigenvalue weighted by Crippen LogP contribution is -2.57. The third kappa shape index (κ3) is 3.91. The lowest BCUT2D eigenvalue weighted by molar-refractivity contribution is 0.113. The molecule has 0 amide bonds. The second kappa shape index (κ2) is 7.22. The van der Waals surface area contributed by atoms with Crippen LogP contribution in [0.25, 0.3) is 0 Å². The predicted octanol–water partition coefficient (Wildman–Crippen LogP) is 2.99. The number of nitrogens with one attached hydrogen (secondary N) is 1. The fraction of sp³-hybridized carbons (Fsp3) is 0.667. The van der Waals surface area contributed by atoms with Crippen molar-refractivity contribution < 1.29 is 0 Å². The highest BCUT2D eigenvalue weighted by molar-refractivity contribution is 6.31. The van der Waals surface area contributed by atoms with Crippen molar-refractivity contribution in [2.75, 3.05) is 20.6 Å². The van der Waals surface area contributed by atoms with Crippen molar-refractivity contribution in [3.63, 3.8) is 0 Å². The van der Waals surface area contributed by atoms with Gasteiger partial charge in [-0.2, -0.15) is 0 Å². The van der Waals surface area contributed by atoms with Gasteiger partial charge in [0.05, 0.1) is 5.02 Å². The average Bonchev–Trinajstić information content (AvgIpc) is 2.39. The lowest BCUT2D eigenvalue weighted by atomic mass is 9.84. The van der Waals surface area contributed by atoms with Crippen LogP contribution in [0, 0.1) is 0 Å². The van der Waals surface area contributed by atoms with Crippen LogP contribution in [0.1, 0.15) is 32.8 Å². The van der Waals surface area contributed by atoms with Gasteiger partial charge in [-0.3, -0.25) is 4.98 Å². The zero-order chi connectivity index (χ0) is 14.5. The topological polar surface area (TPSA) is 28.2 Å². The van der Waals surface area contributed by atoms with Crippen LogP contribution in [-0.2, 0) is 6.42 Å². The second-order valence-corrected chi connectivity index (χ2v) is 5.79. The Kier molecular flexibility index (Phi) is 6.24. The molecule has 0 radical (unpaired) electrons. The first-order valence-electron chi connectivity index (χ1n) is 6.94. The molecule has 0 saturated carbocycles. The van der Waals surface area contributed by atoms with Gasteiger partial charge in [0.25, 0.3) is 0 Å². The molecule has 0 bridgehead atoms. The first-order chi connectivity index (χ1) is 8.95. The van der Waals surface area contributed by atoms with E-state index in [1.54, 1.807) is 6.20 Å². The monoisotopic (exact) mass is 283 g/mol. The smallest absolute Gasteiger partial charge is 0.0621 e. The van der Waals surface area contributed by atoms with Crippen molar-refractivity contribution in [1.82, 2.24) is 15.2 Å². The van der Waals surface area contributed by atoms with Crippen LogP contribution in [0.5, 0.6) is 0 Å². The quantitative estimate of drug-likeness (QED) is 0.834. The van der Waals surface area contributed by atoms with Crippen molar-refractivity contribution >= 4 is 11.6 Å². The molecule has 1 N–H and O–H groups in total. The Morgan fingerprint density at radius 1 is 1.42 bits per heavy atom. The van der Waals surface area contributed by atoms with Crippen molar-refractivity contribution in [3.05, 3.63) is 29.0 Å². The van der Waals surface area contributed by atoms with Gasteiger partial charge in [-0.25, -0.2) is 0 Å².